The highest BCUT2D eigenvalue weighted by Crippen LogP contribution is 2.35. The number of aromatic carboxylic acids is 1. The lowest BCUT2D eigenvalue weighted by Gasteiger charge is -2.27. The summed E-state index contributed by atoms with van der Waals surface area (Å²) in [6.07, 6.45) is 2.36. The molecule has 1 aliphatic rings. The normalized spacial score (nSPS) is 14.0. The third kappa shape index (κ3) is 2.35. The van der Waals surface area contributed by atoms with Crippen LogP contribution in [0, 0.1) is 6.92 Å². The van der Waals surface area contributed by atoms with Crippen LogP contribution in [-0.2, 0) is 13.0 Å². The number of hydrogen-bond donors (Lipinski definition) is 1. The highest BCUT2D eigenvalue weighted by molar-refractivity contribution is 7.19. The SMILES string of the molecule is Cc1nc(N2CCc3c(sc4ccccc34)C2)ncc1C(=O)O. The van der Waals surface area contributed by atoms with E-state index in [0.29, 0.717) is 11.6 Å². The minimum absolute atomic E-state index is 0.160. The van der Waals surface area contributed by atoms with Crippen molar-refractivity contribution in [3.05, 3.63) is 52.2 Å². The molecule has 1 N–H and O–H groups in total. The summed E-state index contributed by atoms with van der Waals surface area (Å²) in [5.41, 5.74) is 2.10. The average molecular weight is 325 g/mol. The first-order valence-electron chi connectivity index (χ1n) is 7.44. The molecule has 0 fully saturated rings. The van der Waals surface area contributed by atoms with Crippen molar-refractivity contribution in [1.29, 1.82) is 0 Å². The van der Waals surface area contributed by atoms with Gasteiger partial charge in [0.25, 0.3) is 0 Å². The van der Waals surface area contributed by atoms with Crippen molar-refractivity contribution < 1.29 is 9.90 Å². The molecule has 0 aliphatic carbocycles. The van der Waals surface area contributed by atoms with E-state index in [1.165, 1.54) is 26.7 Å². The van der Waals surface area contributed by atoms with Gasteiger partial charge in [0.05, 0.1) is 17.8 Å². The summed E-state index contributed by atoms with van der Waals surface area (Å²) in [4.78, 5) is 23.2. The number of carbonyl (C=O) groups is 1. The van der Waals surface area contributed by atoms with Crippen molar-refractivity contribution in [3.8, 4) is 0 Å². The largest absolute Gasteiger partial charge is 0.478 e. The van der Waals surface area contributed by atoms with Crippen LogP contribution in [0.3, 0.4) is 0 Å². The second-order valence-corrected chi connectivity index (χ2v) is 6.78. The Bertz CT molecular complexity index is 919. The van der Waals surface area contributed by atoms with Crippen LogP contribution in [0.25, 0.3) is 10.1 Å². The molecule has 0 saturated carbocycles. The number of carboxylic acids is 1. The smallest absolute Gasteiger partial charge is 0.339 e. The fourth-order valence-electron chi connectivity index (χ4n) is 3.04. The first-order valence-corrected chi connectivity index (χ1v) is 8.26. The molecule has 1 aliphatic heterocycles. The number of fused-ring (bicyclic) bond motifs is 3. The van der Waals surface area contributed by atoms with Gasteiger partial charge in [-0.1, -0.05) is 18.2 Å². The molecule has 0 spiro atoms. The van der Waals surface area contributed by atoms with Gasteiger partial charge in [-0.05, 0) is 30.4 Å². The number of rotatable bonds is 2. The van der Waals surface area contributed by atoms with Gasteiger partial charge in [0.15, 0.2) is 0 Å². The number of aryl methyl sites for hydroxylation is 1. The number of aromatic nitrogens is 2. The van der Waals surface area contributed by atoms with Crippen LogP contribution in [0.15, 0.2) is 30.5 Å². The number of nitrogens with zero attached hydrogens (tertiary/aromatic N) is 3. The molecule has 0 bridgehead atoms. The van der Waals surface area contributed by atoms with Crippen LogP contribution in [-0.4, -0.2) is 27.6 Å². The first-order chi connectivity index (χ1) is 11.1. The molecule has 0 amide bonds. The maximum atomic E-state index is 11.1. The predicted molar refractivity (Wildman–Crippen MR) is 90.3 cm³/mol. The van der Waals surface area contributed by atoms with Crippen LogP contribution >= 0.6 is 11.3 Å². The summed E-state index contributed by atoms with van der Waals surface area (Å²) >= 11 is 1.82. The quantitative estimate of drug-likeness (QED) is 0.783. The van der Waals surface area contributed by atoms with Crippen LogP contribution in [0.4, 0.5) is 5.95 Å². The third-order valence-electron chi connectivity index (χ3n) is 4.23. The van der Waals surface area contributed by atoms with Gasteiger partial charge in [0, 0.05) is 22.3 Å². The van der Waals surface area contributed by atoms with Crippen molar-refractivity contribution >= 4 is 33.3 Å². The zero-order chi connectivity index (χ0) is 16.0. The van der Waals surface area contributed by atoms with Gasteiger partial charge in [0.1, 0.15) is 0 Å². The van der Waals surface area contributed by atoms with Crippen molar-refractivity contribution in [2.45, 2.75) is 19.9 Å². The summed E-state index contributed by atoms with van der Waals surface area (Å²) in [5, 5.41) is 10.4. The van der Waals surface area contributed by atoms with Crippen molar-refractivity contribution in [1.82, 2.24) is 9.97 Å². The van der Waals surface area contributed by atoms with Gasteiger partial charge in [-0.3, -0.25) is 0 Å². The number of hydrogen-bond acceptors (Lipinski definition) is 5. The summed E-state index contributed by atoms with van der Waals surface area (Å²) in [6, 6.07) is 8.49. The van der Waals surface area contributed by atoms with E-state index in [4.69, 9.17) is 5.11 Å². The van der Waals surface area contributed by atoms with Crippen LogP contribution in [0.2, 0.25) is 0 Å². The molecule has 116 valence electrons. The lowest BCUT2D eigenvalue weighted by Crippen LogP contribution is -2.31. The third-order valence-corrected chi connectivity index (χ3v) is 5.43. The Balaban J connectivity index is 1.68. The molecule has 0 atom stereocenters. The van der Waals surface area contributed by atoms with Crippen molar-refractivity contribution in [2.24, 2.45) is 0 Å². The molecular weight excluding hydrogens is 310 g/mol. The van der Waals surface area contributed by atoms with Gasteiger partial charge in [0.2, 0.25) is 5.95 Å². The van der Waals surface area contributed by atoms with E-state index >= 15 is 0 Å². The van der Waals surface area contributed by atoms with E-state index in [1.54, 1.807) is 6.92 Å². The molecular formula is C17H15N3O2S. The Hall–Kier alpha value is -2.47. The van der Waals surface area contributed by atoms with Crippen molar-refractivity contribution in [2.75, 3.05) is 11.4 Å². The number of anilines is 1. The van der Waals surface area contributed by atoms with Gasteiger partial charge in [-0.25, -0.2) is 14.8 Å². The molecule has 6 heteroatoms. The van der Waals surface area contributed by atoms with E-state index in [-0.39, 0.29) is 5.56 Å². The van der Waals surface area contributed by atoms with Gasteiger partial charge in [-0.15, -0.1) is 11.3 Å². The zero-order valence-corrected chi connectivity index (χ0v) is 13.4. The second kappa shape index (κ2) is 5.31. The van der Waals surface area contributed by atoms with Crippen LogP contribution in [0.5, 0.6) is 0 Å². The maximum absolute atomic E-state index is 11.1. The topological polar surface area (TPSA) is 66.3 Å². The molecule has 1 aromatic carbocycles. The molecule has 3 heterocycles. The Morgan fingerprint density at radius 3 is 2.96 bits per heavy atom. The van der Waals surface area contributed by atoms with E-state index in [0.717, 1.165) is 19.5 Å². The fraction of sp³-hybridized carbons (Fsp3) is 0.235. The Labute approximate surface area is 137 Å². The molecule has 0 saturated heterocycles. The van der Waals surface area contributed by atoms with Crippen molar-refractivity contribution in [3.63, 3.8) is 0 Å². The molecule has 0 radical (unpaired) electrons. The number of thiophene rings is 1. The van der Waals surface area contributed by atoms with E-state index in [1.807, 2.05) is 11.3 Å². The summed E-state index contributed by atoms with van der Waals surface area (Å²) in [5.74, 6) is -0.380. The molecule has 5 nitrogen and oxygen atoms in total. The molecule has 3 aromatic rings. The van der Waals surface area contributed by atoms with E-state index in [2.05, 4.69) is 39.1 Å². The van der Waals surface area contributed by atoms with Gasteiger partial charge >= 0.3 is 5.97 Å². The predicted octanol–water partition coefficient (Wildman–Crippen LogP) is 3.26. The monoisotopic (exact) mass is 325 g/mol. The summed E-state index contributed by atoms with van der Waals surface area (Å²) in [6.45, 7) is 3.34. The minimum atomic E-state index is -0.987. The van der Waals surface area contributed by atoms with E-state index in [9.17, 15) is 4.79 Å². The van der Waals surface area contributed by atoms with E-state index < -0.39 is 5.97 Å². The lowest BCUT2D eigenvalue weighted by molar-refractivity contribution is 0.0695. The Morgan fingerprint density at radius 1 is 1.35 bits per heavy atom. The first kappa shape index (κ1) is 14.1. The summed E-state index contributed by atoms with van der Waals surface area (Å²) < 4.78 is 1.32. The summed E-state index contributed by atoms with van der Waals surface area (Å²) in [7, 11) is 0. The maximum Gasteiger partial charge on any atom is 0.339 e. The standard InChI is InChI=1S/C17H15N3O2S/c1-10-13(16(21)22)8-18-17(19-10)20-7-6-12-11-4-2-3-5-14(11)23-15(12)9-20/h2-5,8H,6-7,9H2,1H3,(H,21,22). The lowest BCUT2D eigenvalue weighted by atomic mass is 10.0. The molecule has 23 heavy (non-hydrogen) atoms. The van der Waals surface area contributed by atoms with Crippen LogP contribution in [0.1, 0.15) is 26.5 Å². The minimum Gasteiger partial charge on any atom is -0.478 e. The second-order valence-electron chi connectivity index (χ2n) is 5.65. The van der Waals surface area contributed by atoms with Gasteiger partial charge < -0.3 is 10.0 Å². The van der Waals surface area contributed by atoms with Crippen LogP contribution < -0.4 is 4.90 Å². The molecule has 2 aromatic heterocycles. The Kier molecular flexibility index (Phi) is 3.27. The highest BCUT2D eigenvalue weighted by atomic mass is 32.1. The zero-order valence-electron chi connectivity index (χ0n) is 12.6. The highest BCUT2D eigenvalue weighted by Gasteiger charge is 2.23. The van der Waals surface area contributed by atoms with Gasteiger partial charge in [-0.2, -0.15) is 0 Å². The number of carboxylic acid groups (broad SMARTS) is 1. The number of benzene rings is 1. The molecule has 4 rings (SSSR count). The Morgan fingerprint density at radius 2 is 2.17 bits per heavy atom. The fourth-order valence-corrected chi connectivity index (χ4v) is 4.31. The average Bonchev–Trinajstić information content (AvgIpc) is 2.92. The molecule has 0 unspecified atom stereocenters.